The van der Waals surface area contributed by atoms with Crippen LogP contribution in [-0.2, 0) is 6.18 Å². The Labute approximate surface area is 139 Å². The summed E-state index contributed by atoms with van der Waals surface area (Å²) in [7, 11) is 0. The molecule has 0 unspecified atom stereocenters. The van der Waals surface area contributed by atoms with E-state index in [1.807, 2.05) is 19.1 Å². The highest BCUT2D eigenvalue weighted by Crippen LogP contribution is 2.29. The molecule has 3 aromatic rings. The maximum atomic E-state index is 12.6. The molecule has 0 amide bonds. The van der Waals surface area contributed by atoms with E-state index in [2.05, 4.69) is 20.3 Å². The third-order valence-corrected chi connectivity index (χ3v) is 4.04. The molecule has 24 heavy (non-hydrogen) atoms. The van der Waals surface area contributed by atoms with Crippen LogP contribution in [0.1, 0.15) is 12.6 Å². The minimum Gasteiger partial charge on any atom is -0.253 e. The van der Waals surface area contributed by atoms with E-state index in [1.165, 1.54) is 10.7 Å². The van der Waals surface area contributed by atoms with Crippen molar-refractivity contribution in [1.29, 1.82) is 0 Å². The third-order valence-electron chi connectivity index (χ3n) is 3.11. The number of aromatic nitrogens is 5. The van der Waals surface area contributed by atoms with Crippen molar-refractivity contribution in [3.63, 3.8) is 0 Å². The van der Waals surface area contributed by atoms with Crippen LogP contribution in [0.3, 0.4) is 0 Å². The van der Waals surface area contributed by atoms with Gasteiger partial charge in [0.15, 0.2) is 0 Å². The van der Waals surface area contributed by atoms with E-state index >= 15 is 0 Å². The van der Waals surface area contributed by atoms with Crippen LogP contribution < -0.4 is 0 Å². The normalized spacial score (nSPS) is 11.7. The first-order valence-corrected chi connectivity index (χ1v) is 8.01. The van der Waals surface area contributed by atoms with Crippen molar-refractivity contribution in [1.82, 2.24) is 25.0 Å². The predicted octanol–water partition coefficient (Wildman–Crippen LogP) is 3.86. The van der Waals surface area contributed by atoms with Crippen molar-refractivity contribution in [3.05, 3.63) is 48.5 Å². The highest BCUT2D eigenvalue weighted by molar-refractivity contribution is 7.99. The summed E-state index contributed by atoms with van der Waals surface area (Å²) in [5.74, 6) is 0.885. The summed E-state index contributed by atoms with van der Waals surface area (Å²) in [6.07, 6.45) is -0.0756. The van der Waals surface area contributed by atoms with E-state index in [4.69, 9.17) is 0 Å². The van der Waals surface area contributed by atoms with Gasteiger partial charge in [-0.05, 0) is 30.0 Å². The Morgan fingerprint density at radius 2 is 2.00 bits per heavy atom. The Kier molecular flexibility index (Phi) is 4.52. The zero-order valence-electron chi connectivity index (χ0n) is 12.5. The number of rotatable bonds is 4. The molecule has 3 heterocycles. The molecular formula is C15H12F3N5S. The standard InChI is InChI=1S/C15H12F3N5S/c1-2-24-12-4-3-7-19-14(12)11-9-23(22-21-11)10-5-6-13(20-8-10)15(16,17)18/h3-9H,2H2,1H3. The van der Waals surface area contributed by atoms with Gasteiger partial charge in [0.1, 0.15) is 17.1 Å². The first kappa shape index (κ1) is 16.4. The van der Waals surface area contributed by atoms with Crippen molar-refractivity contribution in [2.45, 2.75) is 18.0 Å². The molecule has 0 spiro atoms. The lowest BCUT2D eigenvalue weighted by atomic mass is 10.3. The van der Waals surface area contributed by atoms with Gasteiger partial charge in [0.05, 0.1) is 18.1 Å². The van der Waals surface area contributed by atoms with Crippen LogP contribution in [0.5, 0.6) is 0 Å². The Morgan fingerprint density at radius 1 is 1.17 bits per heavy atom. The minimum absolute atomic E-state index is 0.391. The zero-order valence-corrected chi connectivity index (χ0v) is 13.3. The largest absolute Gasteiger partial charge is 0.433 e. The van der Waals surface area contributed by atoms with Crippen LogP contribution in [0.25, 0.3) is 17.1 Å². The average molecular weight is 351 g/mol. The van der Waals surface area contributed by atoms with E-state index in [0.29, 0.717) is 17.1 Å². The molecule has 9 heteroatoms. The Hall–Kier alpha value is -2.42. The van der Waals surface area contributed by atoms with Gasteiger partial charge in [0, 0.05) is 11.1 Å². The third kappa shape index (κ3) is 3.40. The van der Waals surface area contributed by atoms with Crippen molar-refractivity contribution in [2.75, 3.05) is 5.75 Å². The van der Waals surface area contributed by atoms with Gasteiger partial charge in [0.25, 0.3) is 0 Å². The molecule has 0 atom stereocenters. The van der Waals surface area contributed by atoms with Crippen molar-refractivity contribution in [2.24, 2.45) is 0 Å². The number of pyridine rings is 2. The molecule has 0 fully saturated rings. The van der Waals surface area contributed by atoms with Gasteiger partial charge >= 0.3 is 6.18 Å². The summed E-state index contributed by atoms with van der Waals surface area (Å²) in [4.78, 5) is 8.71. The number of hydrogen-bond donors (Lipinski definition) is 0. The quantitative estimate of drug-likeness (QED) is 0.668. The average Bonchev–Trinajstić information content (AvgIpc) is 3.05. The lowest BCUT2D eigenvalue weighted by molar-refractivity contribution is -0.141. The molecule has 5 nitrogen and oxygen atoms in total. The summed E-state index contributed by atoms with van der Waals surface area (Å²) in [6.45, 7) is 2.03. The molecule has 0 aromatic carbocycles. The molecule has 3 rings (SSSR count). The van der Waals surface area contributed by atoms with Crippen LogP contribution in [-0.4, -0.2) is 30.7 Å². The second-order valence-corrected chi connectivity index (χ2v) is 6.04. The Morgan fingerprint density at radius 3 is 2.67 bits per heavy atom. The molecule has 0 saturated heterocycles. The second-order valence-electron chi connectivity index (χ2n) is 4.73. The summed E-state index contributed by atoms with van der Waals surface area (Å²) in [5, 5.41) is 8.02. The number of nitrogens with zero attached hydrogens (tertiary/aromatic N) is 5. The molecule has 0 saturated carbocycles. The SMILES string of the molecule is CCSc1cccnc1-c1cn(-c2ccc(C(F)(F)F)nc2)nn1. The monoisotopic (exact) mass is 351 g/mol. The number of hydrogen-bond acceptors (Lipinski definition) is 5. The molecule has 0 radical (unpaired) electrons. The van der Waals surface area contributed by atoms with Crippen LogP contribution in [0.15, 0.2) is 47.8 Å². The number of alkyl halides is 3. The molecule has 124 valence electrons. The van der Waals surface area contributed by atoms with Crippen LogP contribution in [0.4, 0.5) is 13.2 Å². The van der Waals surface area contributed by atoms with Crippen LogP contribution in [0, 0.1) is 0 Å². The summed E-state index contributed by atoms with van der Waals surface area (Å²) < 4.78 is 39.0. The Balaban J connectivity index is 1.91. The van der Waals surface area contributed by atoms with E-state index in [9.17, 15) is 13.2 Å². The molecule has 0 aliphatic heterocycles. The first-order valence-electron chi connectivity index (χ1n) is 7.03. The van der Waals surface area contributed by atoms with Gasteiger partial charge < -0.3 is 0 Å². The van der Waals surface area contributed by atoms with Gasteiger partial charge in [-0.25, -0.2) is 9.67 Å². The van der Waals surface area contributed by atoms with Crippen LogP contribution >= 0.6 is 11.8 Å². The van der Waals surface area contributed by atoms with Crippen molar-refractivity contribution in [3.8, 4) is 17.1 Å². The van der Waals surface area contributed by atoms with E-state index in [0.717, 1.165) is 22.9 Å². The van der Waals surface area contributed by atoms with Crippen molar-refractivity contribution < 1.29 is 13.2 Å². The van der Waals surface area contributed by atoms with Gasteiger partial charge in [-0.2, -0.15) is 13.2 Å². The molecule has 0 bridgehead atoms. The number of halogens is 3. The lowest BCUT2D eigenvalue weighted by Gasteiger charge is -2.06. The van der Waals surface area contributed by atoms with Gasteiger partial charge in [0.2, 0.25) is 0 Å². The first-order chi connectivity index (χ1) is 11.5. The fraction of sp³-hybridized carbons (Fsp3) is 0.200. The minimum atomic E-state index is -4.47. The predicted molar refractivity (Wildman–Crippen MR) is 83.8 cm³/mol. The summed E-state index contributed by atoms with van der Waals surface area (Å²) >= 11 is 1.63. The van der Waals surface area contributed by atoms with Gasteiger partial charge in [-0.3, -0.25) is 4.98 Å². The fourth-order valence-corrected chi connectivity index (χ4v) is 2.82. The molecular weight excluding hydrogens is 339 g/mol. The smallest absolute Gasteiger partial charge is 0.253 e. The Bertz CT molecular complexity index is 830. The summed E-state index contributed by atoms with van der Waals surface area (Å²) in [6, 6.07) is 5.99. The second kappa shape index (κ2) is 6.60. The molecule has 0 N–H and O–H groups in total. The van der Waals surface area contributed by atoms with Crippen molar-refractivity contribution >= 4 is 11.8 Å². The van der Waals surface area contributed by atoms with Gasteiger partial charge in [-0.15, -0.1) is 16.9 Å². The zero-order chi connectivity index (χ0) is 17.2. The van der Waals surface area contributed by atoms with E-state index < -0.39 is 11.9 Å². The lowest BCUT2D eigenvalue weighted by Crippen LogP contribution is -2.08. The maximum Gasteiger partial charge on any atom is 0.433 e. The topological polar surface area (TPSA) is 56.5 Å². The highest BCUT2D eigenvalue weighted by Gasteiger charge is 2.32. The summed E-state index contributed by atoms with van der Waals surface area (Å²) in [5.41, 5.74) is 0.683. The molecule has 0 aliphatic rings. The molecule has 3 aromatic heterocycles. The van der Waals surface area contributed by atoms with E-state index in [1.54, 1.807) is 24.2 Å². The van der Waals surface area contributed by atoms with Gasteiger partial charge in [-0.1, -0.05) is 12.1 Å². The molecule has 0 aliphatic carbocycles. The maximum absolute atomic E-state index is 12.6. The number of thioether (sulfide) groups is 1. The van der Waals surface area contributed by atoms with Crippen LogP contribution in [0.2, 0.25) is 0 Å². The van der Waals surface area contributed by atoms with E-state index in [-0.39, 0.29) is 0 Å². The fourth-order valence-electron chi connectivity index (χ4n) is 2.04. The highest BCUT2D eigenvalue weighted by atomic mass is 32.2.